The van der Waals surface area contributed by atoms with Gasteiger partial charge in [-0.3, -0.25) is 4.79 Å². The summed E-state index contributed by atoms with van der Waals surface area (Å²) in [4.78, 5) is 12.9. The van der Waals surface area contributed by atoms with Gasteiger partial charge in [0.2, 0.25) is 0 Å². The highest BCUT2D eigenvalue weighted by Gasteiger charge is 2.70. The van der Waals surface area contributed by atoms with Crippen LogP contribution in [0.15, 0.2) is 12.7 Å². The van der Waals surface area contributed by atoms with E-state index in [1.165, 1.54) is 51.4 Å². The van der Waals surface area contributed by atoms with Crippen LogP contribution in [0.4, 0.5) is 0 Å². The van der Waals surface area contributed by atoms with E-state index in [1.54, 1.807) is 0 Å². The normalized spacial score (nSPS) is 57.0. The van der Waals surface area contributed by atoms with Crippen LogP contribution in [0.25, 0.3) is 0 Å². The van der Waals surface area contributed by atoms with Gasteiger partial charge in [0.25, 0.3) is 0 Å². The van der Waals surface area contributed by atoms with Gasteiger partial charge in [0.05, 0.1) is 0 Å². The Morgan fingerprint density at radius 1 is 0.800 bits per heavy atom. The SMILES string of the molecule is C=C[C@@H]1CC[C@]2(C)CC[C@]3(C)[C@H](CC[C@@H]4[C@@]5(C)CCC(=O)C(C)(C)[C@@H]5CC[C@]43C)[C@@H]12. The Labute approximate surface area is 185 Å². The van der Waals surface area contributed by atoms with Crippen LogP contribution in [0.2, 0.25) is 0 Å². The van der Waals surface area contributed by atoms with Crippen molar-refractivity contribution in [3.05, 3.63) is 12.7 Å². The largest absolute Gasteiger partial charge is 0.299 e. The van der Waals surface area contributed by atoms with Gasteiger partial charge < -0.3 is 0 Å². The van der Waals surface area contributed by atoms with Crippen molar-refractivity contribution in [3.63, 3.8) is 0 Å². The van der Waals surface area contributed by atoms with E-state index >= 15 is 0 Å². The van der Waals surface area contributed by atoms with Gasteiger partial charge in [-0.2, -0.15) is 0 Å². The summed E-state index contributed by atoms with van der Waals surface area (Å²) in [5.41, 5.74) is 1.63. The van der Waals surface area contributed by atoms with Crippen LogP contribution in [-0.4, -0.2) is 5.78 Å². The number of Topliss-reactive ketones (excluding diaryl/α,β-unsaturated/α-hetero) is 1. The molecule has 0 spiro atoms. The zero-order valence-electron chi connectivity index (χ0n) is 20.7. The molecule has 5 saturated carbocycles. The lowest BCUT2D eigenvalue weighted by Crippen LogP contribution is -2.66. The Hall–Kier alpha value is -0.590. The number of carbonyl (C=O) groups is 1. The first-order valence-corrected chi connectivity index (χ1v) is 13.1. The zero-order chi connectivity index (χ0) is 21.7. The first kappa shape index (κ1) is 21.3. The molecule has 0 aromatic heterocycles. The Balaban J connectivity index is 1.55. The minimum atomic E-state index is -0.128. The molecule has 30 heavy (non-hydrogen) atoms. The molecule has 0 heterocycles. The molecular weight excluding hydrogens is 364 g/mol. The molecule has 9 atom stereocenters. The maximum Gasteiger partial charge on any atom is 0.138 e. The van der Waals surface area contributed by atoms with E-state index in [0.29, 0.717) is 33.4 Å². The van der Waals surface area contributed by atoms with Crippen LogP contribution in [0.5, 0.6) is 0 Å². The number of hydrogen-bond acceptors (Lipinski definition) is 1. The topological polar surface area (TPSA) is 17.1 Å². The molecule has 5 rings (SSSR count). The zero-order valence-corrected chi connectivity index (χ0v) is 20.7. The van der Waals surface area contributed by atoms with Crippen molar-refractivity contribution in [3.8, 4) is 0 Å². The fourth-order valence-electron chi connectivity index (χ4n) is 11.1. The van der Waals surface area contributed by atoms with Gasteiger partial charge in [-0.15, -0.1) is 6.58 Å². The first-order valence-electron chi connectivity index (χ1n) is 13.1. The molecule has 0 N–H and O–H groups in total. The van der Waals surface area contributed by atoms with E-state index in [-0.39, 0.29) is 5.41 Å². The molecule has 0 saturated heterocycles. The molecule has 0 bridgehead atoms. The fourth-order valence-corrected chi connectivity index (χ4v) is 11.1. The molecule has 0 aromatic rings. The minimum Gasteiger partial charge on any atom is -0.299 e. The van der Waals surface area contributed by atoms with Crippen LogP contribution in [0.3, 0.4) is 0 Å². The number of carbonyl (C=O) groups excluding carboxylic acids is 1. The van der Waals surface area contributed by atoms with Crippen molar-refractivity contribution in [2.75, 3.05) is 0 Å². The van der Waals surface area contributed by atoms with Crippen molar-refractivity contribution in [2.24, 2.45) is 56.7 Å². The summed E-state index contributed by atoms with van der Waals surface area (Å²) >= 11 is 0. The third-order valence-electron chi connectivity index (χ3n) is 12.9. The average Bonchev–Trinajstić information content (AvgIpc) is 3.03. The minimum absolute atomic E-state index is 0.128. The van der Waals surface area contributed by atoms with Gasteiger partial charge in [0, 0.05) is 11.8 Å². The highest BCUT2D eigenvalue weighted by Crippen LogP contribution is 2.77. The number of rotatable bonds is 1. The molecule has 1 nitrogen and oxygen atoms in total. The second-order valence-corrected chi connectivity index (χ2v) is 13.9. The van der Waals surface area contributed by atoms with Crippen molar-refractivity contribution in [1.82, 2.24) is 0 Å². The quantitative estimate of drug-likeness (QED) is 0.402. The lowest BCUT2D eigenvalue weighted by molar-refractivity contribution is -0.232. The van der Waals surface area contributed by atoms with Crippen molar-refractivity contribution in [2.45, 2.75) is 106 Å². The van der Waals surface area contributed by atoms with E-state index in [2.05, 4.69) is 54.2 Å². The predicted octanol–water partition coefficient (Wildman–Crippen LogP) is 7.84. The molecule has 0 unspecified atom stereocenters. The monoisotopic (exact) mass is 410 g/mol. The molecular formula is C29H46O. The molecule has 0 aromatic carbocycles. The summed E-state index contributed by atoms with van der Waals surface area (Å²) in [6, 6.07) is 0. The third-order valence-corrected chi connectivity index (χ3v) is 12.9. The third kappa shape index (κ3) is 2.34. The predicted molar refractivity (Wildman–Crippen MR) is 125 cm³/mol. The smallest absolute Gasteiger partial charge is 0.138 e. The summed E-state index contributed by atoms with van der Waals surface area (Å²) in [6.45, 7) is 19.5. The van der Waals surface area contributed by atoms with Gasteiger partial charge in [-0.25, -0.2) is 0 Å². The summed E-state index contributed by atoms with van der Waals surface area (Å²) < 4.78 is 0. The molecule has 5 aliphatic rings. The molecule has 0 radical (unpaired) electrons. The van der Waals surface area contributed by atoms with Crippen LogP contribution < -0.4 is 0 Å². The van der Waals surface area contributed by atoms with Gasteiger partial charge >= 0.3 is 0 Å². The number of ketones is 1. The lowest BCUT2D eigenvalue weighted by atomic mass is 9.32. The highest BCUT2D eigenvalue weighted by atomic mass is 16.1. The average molecular weight is 411 g/mol. The van der Waals surface area contributed by atoms with Crippen LogP contribution >= 0.6 is 0 Å². The molecule has 1 heteroatoms. The van der Waals surface area contributed by atoms with Crippen molar-refractivity contribution >= 4 is 5.78 Å². The fraction of sp³-hybridized carbons (Fsp3) is 0.897. The Morgan fingerprint density at radius 2 is 1.53 bits per heavy atom. The van der Waals surface area contributed by atoms with E-state index in [0.717, 1.165) is 36.5 Å². The van der Waals surface area contributed by atoms with Crippen molar-refractivity contribution < 1.29 is 4.79 Å². The second kappa shape index (κ2) is 6.26. The Kier molecular flexibility index (Phi) is 4.43. The standard InChI is InChI=1S/C29H46O/c1-8-19-11-14-26(4)17-18-28(6)20(24(19)26)9-10-22-27(5)15-13-23(30)25(2,3)21(27)12-16-29(22,28)7/h8,19-22,24H,1,9-18H2,2-7H3/t19-,20-,21+,22-,24-,26-,27+,28-,29-/m1/s1. The summed E-state index contributed by atoms with van der Waals surface area (Å²) in [5.74, 6) is 4.33. The molecule has 0 amide bonds. The Morgan fingerprint density at radius 3 is 2.23 bits per heavy atom. The first-order chi connectivity index (χ1) is 13.9. The Bertz CT molecular complexity index is 764. The summed E-state index contributed by atoms with van der Waals surface area (Å²) in [7, 11) is 0. The van der Waals surface area contributed by atoms with Crippen LogP contribution in [0, 0.1) is 56.7 Å². The van der Waals surface area contributed by atoms with E-state index < -0.39 is 0 Å². The maximum absolute atomic E-state index is 12.9. The van der Waals surface area contributed by atoms with Crippen molar-refractivity contribution in [1.29, 1.82) is 0 Å². The highest BCUT2D eigenvalue weighted by molar-refractivity contribution is 5.85. The van der Waals surface area contributed by atoms with Gasteiger partial charge in [0.15, 0.2) is 0 Å². The number of fused-ring (bicyclic) bond motifs is 7. The van der Waals surface area contributed by atoms with Gasteiger partial charge in [-0.1, -0.05) is 47.6 Å². The molecule has 5 fully saturated rings. The lowest BCUT2D eigenvalue weighted by Gasteiger charge is -2.72. The van der Waals surface area contributed by atoms with Crippen LogP contribution in [-0.2, 0) is 4.79 Å². The molecule has 0 aliphatic heterocycles. The van der Waals surface area contributed by atoms with Gasteiger partial charge in [0.1, 0.15) is 5.78 Å². The van der Waals surface area contributed by atoms with E-state index in [1.807, 2.05) is 0 Å². The van der Waals surface area contributed by atoms with E-state index in [4.69, 9.17) is 0 Å². The molecule has 168 valence electrons. The summed E-state index contributed by atoms with van der Waals surface area (Å²) in [6.07, 6.45) is 15.3. The van der Waals surface area contributed by atoms with Crippen LogP contribution in [0.1, 0.15) is 106 Å². The number of allylic oxidation sites excluding steroid dienone is 1. The summed E-state index contributed by atoms with van der Waals surface area (Å²) in [5, 5.41) is 0. The maximum atomic E-state index is 12.9. The number of hydrogen-bond donors (Lipinski definition) is 0. The second-order valence-electron chi connectivity index (χ2n) is 13.9. The molecule has 5 aliphatic carbocycles. The van der Waals surface area contributed by atoms with E-state index in [9.17, 15) is 4.79 Å². The van der Waals surface area contributed by atoms with Gasteiger partial charge in [-0.05, 0) is 109 Å².